The first-order valence-electron chi connectivity index (χ1n) is 7.72. The Hall–Kier alpha value is -1.06. The molecule has 0 amide bonds. The van der Waals surface area contributed by atoms with Crippen LogP contribution in [-0.4, -0.2) is 13.2 Å². The molecule has 3 heteroatoms. The first kappa shape index (κ1) is 15.3. The lowest BCUT2D eigenvalue weighted by Gasteiger charge is -2.24. The van der Waals surface area contributed by atoms with E-state index in [4.69, 9.17) is 9.15 Å². The van der Waals surface area contributed by atoms with Crippen molar-refractivity contribution in [2.24, 2.45) is 11.8 Å². The van der Waals surface area contributed by atoms with Crippen molar-refractivity contribution in [3.63, 3.8) is 0 Å². The molecule has 0 saturated heterocycles. The average molecular weight is 277 g/mol. The number of hydrogen-bond donors (Lipinski definition) is 1. The van der Waals surface area contributed by atoms with Crippen LogP contribution in [0.25, 0.3) is 0 Å². The highest BCUT2D eigenvalue weighted by Gasteiger charge is 2.18. The maximum atomic E-state index is 5.85. The zero-order chi connectivity index (χ0) is 14.4. The topological polar surface area (TPSA) is 34.4 Å². The second-order valence-electron chi connectivity index (χ2n) is 5.79. The quantitative estimate of drug-likeness (QED) is 0.769. The minimum Gasteiger partial charge on any atom is -0.462 e. The van der Waals surface area contributed by atoms with Crippen molar-refractivity contribution in [3.05, 3.63) is 35.3 Å². The number of furan rings is 1. The van der Waals surface area contributed by atoms with Gasteiger partial charge in [0, 0.05) is 0 Å². The zero-order valence-corrected chi connectivity index (χ0v) is 12.9. The number of nitrogens with one attached hydrogen (secondary N) is 1. The molecule has 2 unspecified atom stereocenters. The molecule has 3 nitrogen and oxygen atoms in total. The molecule has 0 bridgehead atoms. The third-order valence-electron chi connectivity index (χ3n) is 4.10. The molecule has 1 aromatic rings. The molecular weight excluding hydrogens is 250 g/mol. The number of allylic oxidation sites excluding steroid dienone is 2. The van der Waals surface area contributed by atoms with Crippen LogP contribution >= 0.6 is 0 Å². The van der Waals surface area contributed by atoms with Crippen molar-refractivity contribution in [2.75, 3.05) is 13.2 Å². The molecule has 0 aliphatic heterocycles. The minimum absolute atomic E-state index is 0.583. The molecule has 1 N–H and O–H groups in total. The predicted molar refractivity (Wildman–Crippen MR) is 81.5 cm³/mol. The van der Waals surface area contributed by atoms with E-state index >= 15 is 0 Å². The Morgan fingerprint density at radius 3 is 2.90 bits per heavy atom. The highest BCUT2D eigenvalue weighted by Crippen LogP contribution is 2.25. The van der Waals surface area contributed by atoms with Crippen LogP contribution in [0.1, 0.15) is 43.8 Å². The average Bonchev–Trinajstić information content (AvgIpc) is 2.79. The van der Waals surface area contributed by atoms with Gasteiger partial charge in [0.05, 0.1) is 13.2 Å². The maximum Gasteiger partial charge on any atom is 0.130 e. The summed E-state index contributed by atoms with van der Waals surface area (Å²) in [7, 11) is 0. The van der Waals surface area contributed by atoms with Crippen LogP contribution in [0.5, 0.6) is 0 Å². The van der Waals surface area contributed by atoms with Crippen molar-refractivity contribution >= 4 is 0 Å². The van der Waals surface area contributed by atoms with Gasteiger partial charge in [-0.1, -0.05) is 26.0 Å². The number of ether oxygens (including phenoxy) is 1. The second-order valence-corrected chi connectivity index (χ2v) is 5.79. The van der Waals surface area contributed by atoms with Crippen LogP contribution in [0.4, 0.5) is 0 Å². The number of aryl methyl sites for hydroxylation is 1. The lowest BCUT2D eigenvalue weighted by Crippen LogP contribution is -2.19. The van der Waals surface area contributed by atoms with E-state index in [1.165, 1.54) is 12.0 Å². The van der Waals surface area contributed by atoms with E-state index in [0.717, 1.165) is 43.6 Å². The smallest absolute Gasteiger partial charge is 0.130 e. The van der Waals surface area contributed by atoms with Gasteiger partial charge in [0.2, 0.25) is 0 Å². The first-order chi connectivity index (χ1) is 9.70. The molecule has 0 saturated carbocycles. The van der Waals surface area contributed by atoms with Gasteiger partial charge in [0.15, 0.2) is 0 Å². The van der Waals surface area contributed by atoms with E-state index in [1.54, 1.807) is 0 Å². The van der Waals surface area contributed by atoms with Gasteiger partial charge in [0.25, 0.3) is 0 Å². The lowest BCUT2D eigenvalue weighted by atomic mass is 9.85. The van der Waals surface area contributed by atoms with Gasteiger partial charge in [0.1, 0.15) is 18.1 Å². The molecule has 1 aliphatic rings. The van der Waals surface area contributed by atoms with Gasteiger partial charge >= 0.3 is 0 Å². The summed E-state index contributed by atoms with van der Waals surface area (Å²) in [6.45, 7) is 9.67. The highest BCUT2D eigenvalue weighted by atomic mass is 16.5. The number of hydrogen-bond acceptors (Lipinski definition) is 3. The molecule has 0 spiro atoms. The first-order valence-corrected chi connectivity index (χ1v) is 7.72. The lowest BCUT2D eigenvalue weighted by molar-refractivity contribution is 0.0577. The molecule has 1 aliphatic carbocycles. The number of rotatable bonds is 7. The van der Waals surface area contributed by atoms with E-state index in [9.17, 15) is 0 Å². The van der Waals surface area contributed by atoms with Gasteiger partial charge in [-0.15, -0.1) is 0 Å². The molecule has 20 heavy (non-hydrogen) atoms. The Balaban J connectivity index is 1.77. The van der Waals surface area contributed by atoms with Crippen molar-refractivity contribution in [1.29, 1.82) is 0 Å². The third-order valence-corrected chi connectivity index (χ3v) is 4.10. The normalized spacial score (nSPS) is 22.4. The molecule has 2 rings (SSSR count). The fraction of sp³-hybridized carbons (Fsp3) is 0.647. The van der Waals surface area contributed by atoms with Gasteiger partial charge in [-0.2, -0.15) is 0 Å². The van der Waals surface area contributed by atoms with Crippen molar-refractivity contribution in [2.45, 2.75) is 46.8 Å². The molecule has 0 radical (unpaired) electrons. The summed E-state index contributed by atoms with van der Waals surface area (Å²) < 4.78 is 11.7. The van der Waals surface area contributed by atoms with Gasteiger partial charge < -0.3 is 14.5 Å². The summed E-state index contributed by atoms with van der Waals surface area (Å²) in [4.78, 5) is 0. The van der Waals surface area contributed by atoms with Crippen molar-refractivity contribution in [1.82, 2.24) is 5.32 Å². The standard InChI is InChI=1S/C17H27NO2/c1-4-18-10-17-14(3)9-16(20-17)12-19-11-15-8-6-5-7-13(15)2/h5-6,9,13,15,18H,4,7-8,10-12H2,1-3H3. The van der Waals surface area contributed by atoms with E-state index in [2.05, 4.69) is 44.3 Å². The summed E-state index contributed by atoms with van der Waals surface area (Å²) in [6, 6.07) is 2.09. The monoisotopic (exact) mass is 277 g/mol. The van der Waals surface area contributed by atoms with Crippen LogP contribution in [-0.2, 0) is 17.9 Å². The fourth-order valence-corrected chi connectivity index (χ4v) is 2.63. The Kier molecular flexibility index (Phi) is 5.86. The molecule has 0 fully saturated rings. The van der Waals surface area contributed by atoms with Crippen LogP contribution in [0.3, 0.4) is 0 Å². The molecular formula is C17H27NO2. The van der Waals surface area contributed by atoms with E-state index in [1.807, 2.05) is 0 Å². The third kappa shape index (κ3) is 4.22. The van der Waals surface area contributed by atoms with Gasteiger partial charge in [-0.05, 0) is 49.8 Å². The maximum absolute atomic E-state index is 5.85. The van der Waals surface area contributed by atoms with Crippen LogP contribution < -0.4 is 5.32 Å². The van der Waals surface area contributed by atoms with Crippen LogP contribution in [0, 0.1) is 18.8 Å². The highest BCUT2D eigenvalue weighted by molar-refractivity contribution is 5.19. The molecule has 1 aromatic heterocycles. The van der Waals surface area contributed by atoms with Crippen molar-refractivity contribution in [3.8, 4) is 0 Å². The van der Waals surface area contributed by atoms with Crippen molar-refractivity contribution < 1.29 is 9.15 Å². The summed E-state index contributed by atoms with van der Waals surface area (Å²) in [5.41, 5.74) is 1.21. The Labute approximate surface area is 122 Å². The Morgan fingerprint density at radius 1 is 1.35 bits per heavy atom. The van der Waals surface area contributed by atoms with Gasteiger partial charge in [-0.25, -0.2) is 0 Å². The van der Waals surface area contributed by atoms with Crippen LogP contribution in [0.2, 0.25) is 0 Å². The molecule has 2 atom stereocenters. The van der Waals surface area contributed by atoms with E-state index in [0.29, 0.717) is 12.5 Å². The molecule has 1 heterocycles. The summed E-state index contributed by atoms with van der Waals surface area (Å²) in [5, 5.41) is 3.29. The Morgan fingerprint density at radius 2 is 2.15 bits per heavy atom. The predicted octanol–water partition coefficient (Wildman–Crippen LogP) is 3.82. The van der Waals surface area contributed by atoms with E-state index < -0.39 is 0 Å². The summed E-state index contributed by atoms with van der Waals surface area (Å²) in [6.07, 6.45) is 6.88. The molecule has 0 aromatic carbocycles. The zero-order valence-electron chi connectivity index (χ0n) is 12.9. The minimum atomic E-state index is 0.583. The summed E-state index contributed by atoms with van der Waals surface area (Å²) in [5.74, 6) is 3.34. The van der Waals surface area contributed by atoms with E-state index in [-0.39, 0.29) is 0 Å². The Bertz CT molecular complexity index is 436. The second kappa shape index (κ2) is 7.65. The summed E-state index contributed by atoms with van der Waals surface area (Å²) >= 11 is 0. The SMILES string of the molecule is CCNCc1oc(COCC2CC=CCC2C)cc1C. The molecule has 112 valence electrons. The van der Waals surface area contributed by atoms with Crippen LogP contribution in [0.15, 0.2) is 22.6 Å². The van der Waals surface area contributed by atoms with Gasteiger partial charge in [-0.3, -0.25) is 0 Å². The fourth-order valence-electron chi connectivity index (χ4n) is 2.63. The largest absolute Gasteiger partial charge is 0.462 e.